The van der Waals surface area contributed by atoms with Gasteiger partial charge in [0, 0.05) is 9.85 Å². The van der Waals surface area contributed by atoms with Gasteiger partial charge in [-0.05, 0) is 48.9 Å². The molecule has 33 heavy (non-hydrogen) atoms. The average molecular weight is 544 g/mol. The third kappa shape index (κ3) is 5.41. The lowest BCUT2D eigenvalue weighted by Gasteiger charge is -2.03. The minimum Gasteiger partial charge on any atom is -0.506 e. The first-order chi connectivity index (χ1) is 15.9. The average Bonchev–Trinajstić information content (AvgIpc) is 3.57. The lowest BCUT2D eigenvalue weighted by atomic mass is 10.1. The van der Waals surface area contributed by atoms with E-state index in [0.717, 1.165) is 26.3 Å². The highest BCUT2D eigenvalue weighted by atomic mass is 79.9. The summed E-state index contributed by atoms with van der Waals surface area (Å²) in [6.45, 7) is 1.97. The van der Waals surface area contributed by atoms with Crippen LogP contribution in [0.15, 0.2) is 74.2 Å². The quantitative estimate of drug-likeness (QED) is 0.208. The van der Waals surface area contributed by atoms with E-state index in [-0.39, 0.29) is 18.2 Å². The van der Waals surface area contributed by atoms with E-state index in [4.69, 9.17) is 4.42 Å². The fraction of sp³-hybridized carbons (Fsp3) is 0.0870. The highest BCUT2D eigenvalue weighted by molar-refractivity contribution is 9.10. The van der Waals surface area contributed by atoms with Gasteiger partial charge >= 0.3 is 0 Å². The molecular formula is C23H18BrN3O4S2. The second-order valence-electron chi connectivity index (χ2n) is 6.90. The number of aromatic hydroxyl groups is 1. The van der Waals surface area contributed by atoms with E-state index in [2.05, 4.69) is 31.8 Å². The van der Waals surface area contributed by atoms with Crippen molar-refractivity contribution in [3.8, 4) is 16.2 Å². The van der Waals surface area contributed by atoms with Crippen LogP contribution in [-0.4, -0.2) is 22.6 Å². The Kier molecular flexibility index (Phi) is 7.07. The van der Waals surface area contributed by atoms with Crippen molar-refractivity contribution in [2.45, 2.75) is 13.5 Å². The number of hydrazone groups is 1. The zero-order valence-electron chi connectivity index (χ0n) is 17.3. The van der Waals surface area contributed by atoms with Crippen molar-refractivity contribution in [2.24, 2.45) is 5.10 Å². The first kappa shape index (κ1) is 23.0. The summed E-state index contributed by atoms with van der Waals surface area (Å²) in [5, 5.41) is 19.3. The van der Waals surface area contributed by atoms with Crippen LogP contribution in [0.25, 0.3) is 10.4 Å². The molecule has 3 heterocycles. The summed E-state index contributed by atoms with van der Waals surface area (Å²) in [7, 11) is 0. The van der Waals surface area contributed by atoms with Crippen molar-refractivity contribution >= 4 is 56.1 Å². The molecule has 168 valence electrons. The number of hydrogen-bond donors (Lipinski definition) is 3. The van der Waals surface area contributed by atoms with Crippen molar-refractivity contribution < 1.29 is 19.1 Å². The molecule has 0 fully saturated rings. The normalized spacial score (nSPS) is 11.4. The first-order valence-electron chi connectivity index (χ1n) is 9.74. The monoisotopic (exact) mass is 543 g/mol. The van der Waals surface area contributed by atoms with Gasteiger partial charge in [0.1, 0.15) is 11.5 Å². The maximum Gasteiger partial charge on any atom is 0.281 e. The van der Waals surface area contributed by atoms with Crippen LogP contribution in [0.5, 0.6) is 5.75 Å². The van der Waals surface area contributed by atoms with Gasteiger partial charge in [-0.2, -0.15) is 5.10 Å². The van der Waals surface area contributed by atoms with E-state index >= 15 is 0 Å². The number of hydrogen-bond acceptors (Lipinski definition) is 7. The highest BCUT2D eigenvalue weighted by Gasteiger charge is 2.16. The molecule has 4 aromatic rings. The molecule has 0 radical (unpaired) electrons. The van der Waals surface area contributed by atoms with Gasteiger partial charge in [0.25, 0.3) is 11.8 Å². The summed E-state index contributed by atoms with van der Waals surface area (Å²) in [4.78, 5) is 26.2. The van der Waals surface area contributed by atoms with Crippen LogP contribution in [-0.2, 0) is 6.54 Å². The fourth-order valence-corrected chi connectivity index (χ4v) is 5.00. The molecule has 0 bridgehead atoms. The standard InChI is InChI=1S/C23H18BrN3O4S2/c1-13(17-12-32-21(20(17)28)14-4-6-15(24)7-5-14)26-27-23(30)19-9-8-18(33-19)22(29)25-11-16-3-2-10-31-16/h2-10,12,28H,11H2,1H3,(H,25,29)(H,27,30)/b26-13+. The predicted octanol–water partition coefficient (Wildman–Crippen LogP) is 5.62. The topological polar surface area (TPSA) is 104 Å². The Bertz CT molecular complexity index is 1310. The Morgan fingerprint density at radius 1 is 1.09 bits per heavy atom. The number of nitrogens with one attached hydrogen (secondary N) is 2. The molecular weight excluding hydrogens is 526 g/mol. The van der Waals surface area contributed by atoms with Crippen LogP contribution in [0.2, 0.25) is 0 Å². The summed E-state index contributed by atoms with van der Waals surface area (Å²) >= 11 is 5.86. The molecule has 3 N–H and O–H groups in total. The Hall–Kier alpha value is -3.21. The number of carbonyl (C=O) groups excluding carboxylic acids is 2. The summed E-state index contributed by atoms with van der Waals surface area (Å²) in [5.41, 5.74) is 4.39. The van der Waals surface area contributed by atoms with E-state index in [1.807, 2.05) is 24.3 Å². The molecule has 0 aliphatic heterocycles. The van der Waals surface area contributed by atoms with Crippen LogP contribution < -0.4 is 10.7 Å². The highest BCUT2D eigenvalue weighted by Crippen LogP contribution is 2.39. The van der Waals surface area contributed by atoms with Crippen LogP contribution in [0.3, 0.4) is 0 Å². The Labute approximate surface area is 205 Å². The summed E-state index contributed by atoms with van der Waals surface area (Å²) in [6.07, 6.45) is 1.54. The third-order valence-corrected chi connectivity index (χ3v) is 7.27. The van der Waals surface area contributed by atoms with Gasteiger partial charge < -0.3 is 14.8 Å². The van der Waals surface area contributed by atoms with Crippen molar-refractivity contribution in [2.75, 3.05) is 0 Å². The summed E-state index contributed by atoms with van der Waals surface area (Å²) in [6, 6.07) is 14.3. The molecule has 0 aliphatic carbocycles. The number of amides is 2. The summed E-state index contributed by atoms with van der Waals surface area (Å²) in [5.74, 6) is 0.0261. The number of halogens is 1. The van der Waals surface area contributed by atoms with Crippen LogP contribution in [0.4, 0.5) is 0 Å². The Balaban J connectivity index is 1.39. The molecule has 2 amide bonds. The van der Waals surface area contributed by atoms with Gasteiger partial charge in [0.05, 0.1) is 38.7 Å². The lowest BCUT2D eigenvalue weighted by Crippen LogP contribution is -2.21. The van der Waals surface area contributed by atoms with Crippen molar-refractivity contribution in [3.05, 3.63) is 85.7 Å². The van der Waals surface area contributed by atoms with E-state index in [1.165, 1.54) is 17.6 Å². The van der Waals surface area contributed by atoms with Crippen LogP contribution in [0.1, 0.15) is 37.6 Å². The van der Waals surface area contributed by atoms with E-state index in [0.29, 0.717) is 26.8 Å². The van der Waals surface area contributed by atoms with E-state index < -0.39 is 5.91 Å². The molecule has 10 heteroatoms. The zero-order valence-corrected chi connectivity index (χ0v) is 20.5. The Morgan fingerprint density at radius 3 is 2.52 bits per heavy atom. The minimum atomic E-state index is -0.438. The largest absolute Gasteiger partial charge is 0.506 e. The number of benzene rings is 1. The molecule has 0 saturated heterocycles. The number of carbonyl (C=O) groups is 2. The maximum absolute atomic E-state index is 12.5. The minimum absolute atomic E-state index is 0.115. The summed E-state index contributed by atoms with van der Waals surface area (Å²) < 4.78 is 6.14. The molecule has 0 saturated carbocycles. The zero-order chi connectivity index (χ0) is 23.4. The smallest absolute Gasteiger partial charge is 0.281 e. The molecule has 1 aromatic carbocycles. The van der Waals surface area contributed by atoms with Gasteiger partial charge in [-0.25, -0.2) is 5.43 Å². The first-order valence-corrected chi connectivity index (χ1v) is 12.2. The molecule has 3 aromatic heterocycles. The van der Waals surface area contributed by atoms with Gasteiger partial charge in [-0.1, -0.05) is 28.1 Å². The van der Waals surface area contributed by atoms with E-state index in [9.17, 15) is 14.7 Å². The molecule has 0 unspecified atom stereocenters. The fourth-order valence-electron chi connectivity index (χ4n) is 2.91. The van der Waals surface area contributed by atoms with E-state index in [1.54, 1.807) is 36.6 Å². The third-order valence-electron chi connectivity index (χ3n) is 4.64. The van der Waals surface area contributed by atoms with Crippen molar-refractivity contribution in [3.63, 3.8) is 0 Å². The van der Waals surface area contributed by atoms with Gasteiger partial charge in [0.2, 0.25) is 0 Å². The Morgan fingerprint density at radius 2 is 1.82 bits per heavy atom. The number of thiophene rings is 2. The van der Waals surface area contributed by atoms with Gasteiger partial charge in [0.15, 0.2) is 0 Å². The van der Waals surface area contributed by atoms with Gasteiger partial charge in [-0.15, -0.1) is 22.7 Å². The number of rotatable bonds is 7. The second kappa shape index (κ2) is 10.2. The maximum atomic E-state index is 12.5. The van der Waals surface area contributed by atoms with Gasteiger partial charge in [-0.3, -0.25) is 9.59 Å². The van der Waals surface area contributed by atoms with Crippen molar-refractivity contribution in [1.29, 1.82) is 0 Å². The molecule has 0 aliphatic rings. The van der Waals surface area contributed by atoms with Crippen LogP contribution in [0, 0.1) is 0 Å². The molecule has 7 nitrogen and oxygen atoms in total. The predicted molar refractivity (Wildman–Crippen MR) is 133 cm³/mol. The number of nitrogens with zero attached hydrogens (tertiary/aromatic N) is 1. The van der Waals surface area contributed by atoms with Crippen LogP contribution >= 0.6 is 38.6 Å². The second-order valence-corrected chi connectivity index (χ2v) is 9.78. The molecule has 0 atom stereocenters. The SMILES string of the molecule is C/C(=N\NC(=O)c1ccc(C(=O)NCc2ccco2)s1)c1csc(-c2ccc(Br)cc2)c1O. The van der Waals surface area contributed by atoms with Crippen molar-refractivity contribution in [1.82, 2.24) is 10.7 Å². The number of furan rings is 1. The lowest BCUT2D eigenvalue weighted by molar-refractivity contribution is 0.0948. The molecule has 4 rings (SSSR count). The molecule has 0 spiro atoms.